The molecule has 2 aromatic rings. The fourth-order valence-corrected chi connectivity index (χ4v) is 4.81. The second-order valence-corrected chi connectivity index (χ2v) is 8.98. The Morgan fingerprint density at radius 3 is 2.43 bits per heavy atom. The molecule has 2 heterocycles. The Hall–Kier alpha value is -2.02. The molecule has 6 nitrogen and oxygen atoms in total. The van der Waals surface area contributed by atoms with Crippen LogP contribution in [0.4, 0.5) is 11.6 Å². The van der Waals surface area contributed by atoms with E-state index in [0.717, 1.165) is 41.0 Å². The monoisotopic (exact) mass is 399 g/mol. The minimum atomic E-state index is 0.00456. The van der Waals surface area contributed by atoms with Crippen LogP contribution in [0.5, 0.6) is 0 Å². The van der Waals surface area contributed by atoms with Crippen molar-refractivity contribution in [2.45, 2.75) is 64.1 Å². The summed E-state index contributed by atoms with van der Waals surface area (Å²) in [5.74, 6) is 1.35. The van der Waals surface area contributed by atoms with E-state index < -0.39 is 0 Å². The average molecular weight is 400 g/mol. The number of nitrogens with zero attached hydrogens (tertiary/aromatic N) is 4. The molecular formula is C21H29N5OS. The van der Waals surface area contributed by atoms with E-state index in [9.17, 15) is 4.79 Å². The Kier molecular flexibility index (Phi) is 5.62. The second-order valence-electron chi connectivity index (χ2n) is 8.04. The molecule has 0 spiro atoms. The highest BCUT2D eigenvalue weighted by atomic mass is 32.2. The third kappa shape index (κ3) is 4.19. The van der Waals surface area contributed by atoms with Crippen molar-refractivity contribution in [1.82, 2.24) is 14.8 Å². The molecule has 1 aliphatic carbocycles. The lowest BCUT2D eigenvalue weighted by Crippen LogP contribution is -2.32. The van der Waals surface area contributed by atoms with Gasteiger partial charge in [-0.25, -0.2) is 0 Å². The van der Waals surface area contributed by atoms with Gasteiger partial charge in [-0.05, 0) is 64.0 Å². The lowest BCUT2D eigenvalue weighted by Gasteiger charge is -2.27. The molecule has 0 unspecified atom stereocenters. The van der Waals surface area contributed by atoms with Crippen molar-refractivity contribution in [1.29, 1.82) is 0 Å². The molecule has 2 fully saturated rings. The Labute approximate surface area is 171 Å². The van der Waals surface area contributed by atoms with E-state index in [-0.39, 0.29) is 5.91 Å². The van der Waals surface area contributed by atoms with Crippen LogP contribution in [0.25, 0.3) is 0 Å². The van der Waals surface area contributed by atoms with Crippen molar-refractivity contribution >= 4 is 29.3 Å². The zero-order valence-electron chi connectivity index (χ0n) is 17.0. The number of hydrogen-bond donors (Lipinski definition) is 1. The highest BCUT2D eigenvalue weighted by molar-refractivity contribution is 7.99. The summed E-state index contributed by atoms with van der Waals surface area (Å²) >= 11 is 1.49. The van der Waals surface area contributed by atoms with Gasteiger partial charge in [0.15, 0.2) is 5.16 Å². The molecule has 1 saturated carbocycles. The van der Waals surface area contributed by atoms with Gasteiger partial charge in [0.05, 0.1) is 5.75 Å². The van der Waals surface area contributed by atoms with Crippen molar-refractivity contribution in [3.8, 4) is 0 Å². The number of hydrogen-bond acceptors (Lipinski definition) is 5. The van der Waals surface area contributed by atoms with Gasteiger partial charge in [-0.15, -0.1) is 10.2 Å². The summed E-state index contributed by atoms with van der Waals surface area (Å²) < 4.78 is 2.27. The van der Waals surface area contributed by atoms with Crippen LogP contribution in [0.2, 0.25) is 0 Å². The largest absolute Gasteiger partial charge is 0.341 e. The van der Waals surface area contributed by atoms with E-state index >= 15 is 0 Å². The molecule has 1 saturated heterocycles. The highest BCUT2D eigenvalue weighted by Gasteiger charge is 2.32. The maximum Gasteiger partial charge on any atom is 0.234 e. The number of carbonyl (C=O) groups is 1. The molecule has 1 N–H and O–H groups in total. The maximum atomic E-state index is 12.6. The van der Waals surface area contributed by atoms with E-state index in [2.05, 4.69) is 44.0 Å². The van der Waals surface area contributed by atoms with Crippen LogP contribution in [-0.2, 0) is 4.79 Å². The fourth-order valence-electron chi connectivity index (χ4n) is 4.01. The number of benzene rings is 1. The van der Waals surface area contributed by atoms with Crippen LogP contribution in [0, 0.1) is 20.8 Å². The first-order valence-corrected chi connectivity index (χ1v) is 11.2. The Morgan fingerprint density at radius 2 is 1.79 bits per heavy atom. The Balaban J connectivity index is 1.43. The van der Waals surface area contributed by atoms with E-state index in [1.54, 1.807) is 0 Å². The van der Waals surface area contributed by atoms with Crippen LogP contribution >= 0.6 is 11.8 Å². The van der Waals surface area contributed by atoms with Crippen molar-refractivity contribution in [3.63, 3.8) is 0 Å². The molecule has 150 valence electrons. The lowest BCUT2D eigenvalue weighted by atomic mass is 10.1. The molecule has 1 aromatic heterocycles. The van der Waals surface area contributed by atoms with Gasteiger partial charge in [0.2, 0.25) is 11.9 Å². The van der Waals surface area contributed by atoms with Crippen molar-refractivity contribution < 1.29 is 4.79 Å². The zero-order valence-corrected chi connectivity index (χ0v) is 17.8. The summed E-state index contributed by atoms with van der Waals surface area (Å²) in [6.45, 7) is 8.27. The zero-order chi connectivity index (χ0) is 19.7. The normalized spacial score (nSPS) is 17.0. The number of aromatic nitrogens is 3. The summed E-state index contributed by atoms with van der Waals surface area (Å²) in [5.41, 5.74) is 4.34. The number of amides is 1. The van der Waals surface area contributed by atoms with E-state index in [4.69, 9.17) is 0 Å². The number of carbonyl (C=O) groups excluding carboxylic acids is 1. The predicted molar refractivity (Wildman–Crippen MR) is 114 cm³/mol. The second kappa shape index (κ2) is 8.15. The number of piperidine rings is 1. The minimum absolute atomic E-state index is 0.00456. The maximum absolute atomic E-state index is 12.6. The predicted octanol–water partition coefficient (Wildman–Crippen LogP) is 4.26. The molecule has 0 atom stereocenters. The third-order valence-corrected chi connectivity index (χ3v) is 6.41. The molecule has 0 bridgehead atoms. The molecule has 7 heteroatoms. The van der Waals surface area contributed by atoms with E-state index in [1.165, 1.54) is 49.4 Å². The quantitative estimate of drug-likeness (QED) is 0.736. The van der Waals surface area contributed by atoms with Gasteiger partial charge in [-0.2, -0.15) is 0 Å². The number of rotatable bonds is 6. The molecule has 1 aliphatic heterocycles. The molecular weight excluding hydrogens is 370 g/mol. The van der Waals surface area contributed by atoms with Gasteiger partial charge in [0.1, 0.15) is 0 Å². The molecule has 0 radical (unpaired) electrons. The first-order chi connectivity index (χ1) is 13.5. The SMILES string of the molecule is Cc1cc(C)c(NC(=O)CSc2nnc(N3CCCCC3)n2C2CC2)c(C)c1. The fraction of sp³-hybridized carbons (Fsp3) is 0.571. The van der Waals surface area contributed by atoms with Crippen LogP contribution in [-0.4, -0.2) is 39.5 Å². The van der Waals surface area contributed by atoms with Crippen LogP contribution in [0.3, 0.4) is 0 Å². The first kappa shape index (κ1) is 19.3. The standard InChI is InChI=1S/C21H29N5OS/c1-14-11-15(2)19(16(3)12-14)22-18(27)13-28-21-24-23-20(26(21)17-7-8-17)25-9-5-4-6-10-25/h11-12,17H,4-10,13H2,1-3H3,(H,22,27). The first-order valence-electron chi connectivity index (χ1n) is 10.2. The van der Waals surface area contributed by atoms with Crippen molar-refractivity contribution in [2.75, 3.05) is 29.1 Å². The highest BCUT2D eigenvalue weighted by Crippen LogP contribution is 2.41. The summed E-state index contributed by atoms with van der Waals surface area (Å²) in [6, 6.07) is 4.70. The summed E-state index contributed by atoms with van der Waals surface area (Å²) in [4.78, 5) is 14.9. The van der Waals surface area contributed by atoms with Crippen molar-refractivity contribution in [3.05, 3.63) is 28.8 Å². The third-order valence-electron chi connectivity index (χ3n) is 5.47. The molecule has 1 amide bonds. The molecule has 2 aliphatic rings. The Bertz CT molecular complexity index is 845. The Morgan fingerprint density at radius 1 is 1.11 bits per heavy atom. The molecule has 4 rings (SSSR count). The molecule has 28 heavy (non-hydrogen) atoms. The minimum Gasteiger partial charge on any atom is -0.341 e. The number of anilines is 2. The van der Waals surface area contributed by atoms with Gasteiger partial charge in [-0.3, -0.25) is 9.36 Å². The topological polar surface area (TPSA) is 63.1 Å². The van der Waals surface area contributed by atoms with Crippen LogP contribution in [0.1, 0.15) is 54.8 Å². The van der Waals surface area contributed by atoms with Crippen LogP contribution in [0.15, 0.2) is 17.3 Å². The number of thioether (sulfide) groups is 1. The number of aryl methyl sites for hydroxylation is 3. The van der Waals surface area contributed by atoms with Gasteiger partial charge in [-0.1, -0.05) is 29.5 Å². The summed E-state index contributed by atoms with van der Waals surface area (Å²) in [7, 11) is 0. The smallest absolute Gasteiger partial charge is 0.234 e. The lowest BCUT2D eigenvalue weighted by molar-refractivity contribution is -0.113. The van der Waals surface area contributed by atoms with Gasteiger partial charge < -0.3 is 10.2 Å². The number of nitrogens with one attached hydrogen (secondary N) is 1. The van der Waals surface area contributed by atoms with Crippen molar-refractivity contribution in [2.24, 2.45) is 0 Å². The van der Waals surface area contributed by atoms with E-state index in [1.807, 2.05) is 13.8 Å². The molecule has 1 aromatic carbocycles. The van der Waals surface area contributed by atoms with Gasteiger partial charge >= 0.3 is 0 Å². The van der Waals surface area contributed by atoms with E-state index in [0.29, 0.717) is 11.8 Å². The summed E-state index contributed by atoms with van der Waals surface area (Å²) in [5, 5.41) is 12.9. The summed E-state index contributed by atoms with van der Waals surface area (Å²) in [6.07, 6.45) is 6.10. The van der Waals surface area contributed by atoms with Gasteiger partial charge in [0.25, 0.3) is 0 Å². The van der Waals surface area contributed by atoms with Gasteiger partial charge in [0, 0.05) is 24.8 Å². The van der Waals surface area contributed by atoms with Crippen LogP contribution < -0.4 is 10.2 Å². The average Bonchev–Trinajstić information content (AvgIpc) is 3.42.